The molecule has 6 heteroatoms. The van der Waals surface area contributed by atoms with E-state index in [0.29, 0.717) is 11.9 Å². The number of methoxy groups -OCH3 is 1. The summed E-state index contributed by atoms with van der Waals surface area (Å²) in [6.07, 6.45) is 11.6. The van der Waals surface area contributed by atoms with E-state index in [-0.39, 0.29) is 0 Å². The summed E-state index contributed by atoms with van der Waals surface area (Å²) >= 11 is 0. The molecule has 2 aliphatic rings. The van der Waals surface area contributed by atoms with Gasteiger partial charge < -0.3 is 9.64 Å². The molecule has 2 unspecified atom stereocenters. The quantitative estimate of drug-likeness (QED) is 0.811. The molecule has 1 aliphatic carbocycles. The largest absolute Gasteiger partial charge is 0.496 e. The Morgan fingerprint density at radius 3 is 2.86 bits per heavy atom. The predicted molar refractivity (Wildman–Crippen MR) is 115 cm³/mol. The zero-order chi connectivity index (χ0) is 19.8. The Morgan fingerprint density at radius 1 is 1.29 bits per heavy atom. The summed E-state index contributed by atoms with van der Waals surface area (Å²) in [6.45, 7) is 4.90. The average molecular weight is 380 g/mol. The summed E-state index contributed by atoms with van der Waals surface area (Å²) in [4.78, 5) is 10.6. The van der Waals surface area contributed by atoms with Crippen LogP contribution < -0.4 is 10.2 Å². The lowest BCUT2D eigenvalue weighted by molar-refractivity contribution is 0.261. The minimum absolute atomic E-state index is 0.696. The van der Waals surface area contributed by atoms with E-state index in [1.165, 1.54) is 25.1 Å². The molecule has 0 radical (unpaired) electrons. The van der Waals surface area contributed by atoms with Crippen LogP contribution >= 0.6 is 0 Å². The molecule has 0 amide bonds. The minimum Gasteiger partial charge on any atom is -0.496 e. The van der Waals surface area contributed by atoms with Crippen molar-refractivity contribution in [1.82, 2.24) is 14.9 Å². The molecule has 2 atom stereocenters. The van der Waals surface area contributed by atoms with E-state index >= 15 is 0 Å². The van der Waals surface area contributed by atoms with Crippen LogP contribution in [-0.4, -0.2) is 47.3 Å². The van der Waals surface area contributed by atoms with Crippen molar-refractivity contribution in [2.75, 3.05) is 26.1 Å². The fourth-order valence-electron chi connectivity index (χ4n) is 3.87. The number of nitrogens with zero attached hydrogens (tertiary/aromatic N) is 4. The predicted octanol–water partition coefficient (Wildman–Crippen LogP) is 4.09. The molecule has 4 rings (SSSR count). The van der Waals surface area contributed by atoms with Crippen LogP contribution in [0.1, 0.15) is 31.2 Å². The van der Waals surface area contributed by atoms with Gasteiger partial charge in [-0.3, -0.25) is 10.4 Å². The van der Waals surface area contributed by atoms with Gasteiger partial charge in [-0.05, 0) is 44.8 Å². The number of fused-ring (bicyclic) bond motifs is 1. The summed E-state index contributed by atoms with van der Waals surface area (Å²) in [5, 5.41) is 4.49. The Hall–Kier alpha value is -2.73. The van der Waals surface area contributed by atoms with Gasteiger partial charge in [0.15, 0.2) is 5.82 Å². The molecule has 1 aromatic heterocycles. The number of hydrazone groups is 1. The average Bonchev–Trinajstić information content (AvgIpc) is 3.13. The van der Waals surface area contributed by atoms with Crippen LogP contribution in [0.5, 0.6) is 5.75 Å². The Balaban J connectivity index is 0.000000192. The Labute approximate surface area is 167 Å². The Kier molecular flexibility index (Phi) is 7.14. The third kappa shape index (κ3) is 5.16. The Bertz CT molecular complexity index is 793. The van der Waals surface area contributed by atoms with Crippen LogP contribution in [0.4, 0.5) is 5.82 Å². The number of rotatable bonds is 4. The number of para-hydroxylation sites is 1. The van der Waals surface area contributed by atoms with Gasteiger partial charge in [0.05, 0.1) is 13.3 Å². The summed E-state index contributed by atoms with van der Waals surface area (Å²) in [5.74, 6) is 2.47. The number of likely N-dealkylation sites (tertiary alicyclic amines) is 1. The van der Waals surface area contributed by atoms with Gasteiger partial charge in [-0.25, -0.2) is 4.98 Å². The first-order valence-electron chi connectivity index (χ1n) is 9.74. The van der Waals surface area contributed by atoms with E-state index in [0.717, 1.165) is 30.1 Å². The number of ether oxygens (including phenoxy) is 1. The summed E-state index contributed by atoms with van der Waals surface area (Å²) < 4.78 is 5.06. The topological polar surface area (TPSA) is 62.6 Å². The monoisotopic (exact) mass is 379 g/mol. The van der Waals surface area contributed by atoms with Crippen LogP contribution in [0, 0.1) is 5.92 Å². The number of anilines is 1. The van der Waals surface area contributed by atoms with Crippen molar-refractivity contribution in [3.8, 4) is 5.75 Å². The number of hydrogen-bond acceptors (Lipinski definition) is 6. The SMILES string of the molecule is C=Cc1ccccc1OC.CN1CCC2CC/C(=N\Nc3cnccn3)CC21. The zero-order valence-electron chi connectivity index (χ0n) is 16.7. The molecule has 148 valence electrons. The van der Waals surface area contributed by atoms with Crippen molar-refractivity contribution in [3.63, 3.8) is 0 Å². The molecular weight excluding hydrogens is 350 g/mol. The highest BCUT2D eigenvalue weighted by Crippen LogP contribution is 2.34. The first kappa shape index (κ1) is 20.0. The third-order valence-electron chi connectivity index (χ3n) is 5.46. The summed E-state index contributed by atoms with van der Waals surface area (Å²) in [7, 11) is 3.88. The lowest BCUT2D eigenvalue weighted by atomic mass is 9.84. The first-order chi connectivity index (χ1) is 13.7. The highest BCUT2D eigenvalue weighted by molar-refractivity contribution is 5.86. The molecule has 2 fully saturated rings. The van der Waals surface area contributed by atoms with Gasteiger partial charge in [0.1, 0.15) is 5.75 Å². The summed E-state index contributed by atoms with van der Waals surface area (Å²) in [6, 6.07) is 8.47. The van der Waals surface area contributed by atoms with E-state index in [4.69, 9.17) is 4.74 Å². The van der Waals surface area contributed by atoms with Crippen LogP contribution in [0.25, 0.3) is 6.08 Å². The van der Waals surface area contributed by atoms with E-state index < -0.39 is 0 Å². The molecular formula is C22H29N5O. The van der Waals surface area contributed by atoms with Crippen molar-refractivity contribution in [2.45, 2.75) is 31.7 Å². The molecule has 0 spiro atoms. The van der Waals surface area contributed by atoms with Gasteiger partial charge >= 0.3 is 0 Å². The lowest BCUT2D eigenvalue weighted by Crippen LogP contribution is -2.35. The van der Waals surface area contributed by atoms with Gasteiger partial charge in [-0.2, -0.15) is 5.10 Å². The maximum Gasteiger partial charge on any atom is 0.164 e. The number of benzene rings is 1. The van der Waals surface area contributed by atoms with Crippen LogP contribution in [0.2, 0.25) is 0 Å². The fraction of sp³-hybridized carbons (Fsp3) is 0.409. The van der Waals surface area contributed by atoms with Crippen molar-refractivity contribution in [3.05, 3.63) is 55.0 Å². The standard InChI is InChI=1S/C13H19N5.C9H10O/c1-18-7-4-10-2-3-11(8-12(10)18)16-17-13-9-14-5-6-15-13;1-3-8-6-4-5-7-9(8)10-2/h5-6,9-10,12H,2-4,7-8H2,1H3,(H,15,17);3-7H,1H2,2H3/b16-11+;. The second kappa shape index (κ2) is 9.99. The van der Waals surface area contributed by atoms with Crippen molar-refractivity contribution in [1.29, 1.82) is 0 Å². The molecule has 1 saturated heterocycles. The molecule has 2 heterocycles. The molecule has 1 aliphatic heterocycles. The first-order valence-corrected chi connectivity index (χ1v) is 9.74. The molecule has 1 aromatic carbocycles. The van der Waals surface area contributed by atoms with Gasteiger partial charge in [0.25, 0.3) is 0 Å². The van der Waals surface area contributed by atoms with Gasteiger partial charge in [0, 0.05) is 36.1 Å². The molecule has 1 N–H and O–H groups in total. The van der Waals surface area contributed by atoms with E-state index in [2.05, 4.69) is 39.0 Å². The van der Waals surface area contributed by atoms with Crippen LogP contribution in [-0.2, 0) is 0 Å². The van der Waals surface area contributed by atoms with Gasteiger partial charge in [0.2, 0.25) is 0 Å². The third-order valence-corrected chi connectivity index (χ3v) is 5.46. The second-order valence-electron chi connectivity index (χ2n) is 7.17. The minimum atomic E-state index is 0.696. The maximum atomic E-state index is 5.06. The Morgan fingerprint density at radius 2 is 2.14 bits per heavy atom. The maximum absolute atomic E-state index is 5.06. The summed E-state index contributed by atoms with van der Waals surface area (Å²) in [5.41, 5.74) is 5.30. The number of hydrogen-bond donors (Lipinski definition) is 1. The van der Waals surface area contributed by atoms with Crippen molar-refractivity contribution >= 4 is 17.6 Å². The van der Waals surface area contributed by atoms with E-state index in [9.17, 15) is 0 Å². The van der Waals surface area contributed by atoms with Gasteiger partial charge in [-0.15, -0.1) is 0 Å². The fourth-order valence-corrected chi connectivity index (χ4v) is 3.87. The van der Waals surface area contributed by atoms with E-state index in [1.807, 2.05) is 24.3 Å². The van der Waals surface area contributed by atoms with Crippen LogP contribution in [0.3, 0.4) is 0 Å². The highest BCUT2D eigenvalue weighted by Gasteiger charge is 2.35. The highest BCUT2D eigenvalue weighted by atomic mass is 16.5. The van der Waals surface area contributed by atoms with Crippen molar-refractivity contribution in [2.24, 2.45) is 11.0 Å². The molecule has 2 aromatic rings. The van der Waals surface area contributed by atoms with Crippen LogP contribution in [0.15, 0.2) is 54.5 Å². The second-order valence-corrected chi connectivity index (χ2v) is 7.17. The molecule has 6 nitrogen and oxygen atoms in total. The molecule has 28 heavy (non-hydrogen) atoms. The van der Waals surface area contributed by atoms with Crippen molar-refractivity contribution < 1.29 is 4.74 Å². The van der Waals surface area contributed by atoms with E-state index in [1.54, 1.807) is 31.8 Å². The van der Waals surface area contributed by atoms with Gasteiger partial charge in [-0.1, -0.05) is 30.9 Å². The lowest BCUT2D eigenvalue weighted by Gasteiger charge is -2.30. The normalized spacial score (nSPS) is 22.7. The molecule has 0 bridgehead atoms. The smallest absolute Gasteiger partial charge is 0.164 e. The zero-order valence-corrected chi connectivity index (χ0v) is 16.7. The number of nitrogens with one attached hydrogen (secondary N) is 1. The molecule has 1 saturated carbocycles. The number of aromatic nitrogens is 2.